The number of alkyl halides is 3. The number of hydrogen-bond donors (Lipinski definition) is 0. The van der Waals surface area contributed by atoms with Crippen LogP contribution < -0.4 is 0 Å². The number of para-hydroxylation sites is 1. The van der Waals surface area contributed by atoms with Gasteiger partial charge in [0, 0.05) is 24.2 Å². The normalized spacial score (nSPS) is 18.8. The fraction of sp³-hybridized carbons (Fsp3) is 0.308. The molecule has 2 atom stereocenters. The molecule has 2 bridgehead atoms. The van der Waals surface area contributed by atoms with Gasteiger partial charge in [-0.15, -0.1) is 0 Å². The Kier molecular flexibility index (Phi) is 5.77. The Balaban J connectivity index is 1.43. The minimum atomic E-state index is -4.78. The highest BCUT2D eigenvalue weighted by Crippen LogP contribution is 2.45. The number of aromatic nitrogens is 5. The van der Waals surface area contributed by atoms with Gasteiger partial charge in [0.15, 0.2) is 17.5 Å². The third kappa shape index (κ3) is 3.98. The molecular formula is C26H20F6N6O. The molecule has 2 aliphatic rings. The molecule has 4 heterocycles. The smallest absolute Gasteiger partial charge is 0.327 e. The first-order chi connectivity index (χ1) is 18.6. The van der Waals surface area contributed by atoms with Gasteiger partial charge in [-0.25, -0.2) is 22.8 Å². The van der Waals surface area contributed by atoms with Crippen LogP contribution in [-0.2, 0) is 19.6 Å². The average Bonchev–Trinajstić information content (AvgIpc) is 3.51. The largest absolute Gasteiger partial charge is 0.451 e. The first-order valence-electron chi connectivity index (χ1n) is 12.2. The van der Waals surface area contributed by atoms with Crippen molar-refractivity contribution in [2.45, 2.75) is 43.9 Å². The van der Waals surface area contributed by atoms with Gasteiger partial charge in [-0.2, -0.15) is 23.4 Å². The molecule has 2 aromatic heterocycles. The summed E-state index contributed by atoms with van der Waals surface area (Å²) in [5.41, 5.74) is 1.74. The fourth-order valence-corrected chi connectivity index (χ4v) is 5.79. The van der Waals surface area contributed by atoms with Gasteiger partial charge in [0.25, 0.3) is 5.91 Å². The van der Waals surface area contributed by atoms with E-state index in [2.05, 4.69) is 15.2 Å². The maximum absolute atomic E-state index is 14.1. The van der Waals surface area contributed by atoms with E-state index in [4.69, 9.17) is 0 Å². The fourth-order valence-electron chi connectivity index (χ4n) is 5.79. The summed E-state index contributed by atoms with van der Waals surface area (Å²) in [5.74, 6) is -5.95. The quantitative estimate of drug-likeness (QED) is 0.255. The number of halogens is 6. The van der Waals surface area contributed by atoms with Crippen molar-refractivity contribution in [3.05, 3.63) is 82.8 Å². The van der Waals surface area contributed by atoms with Crippen LogP contribution in [0.2, 0.25) is 0 Å². The Labute approximate surface area is 217 Å². The van der Waals surface area contributed by atoms with Crippen LogP contribution >= 0.6 is 0 Å². The van der Waals surface area contributed by atoms with Crippen LogP contribution in [0.25, 0.3) is 16.9 Å². The molecule has 0 spiro atoms. The number of aryl methyl sites for hydroxylation is 1. The Morgan fingerprint density at radius 1 is 1.05 bits per heavy atom. The summed E-state index contributed by atoms with van der Waals surface area (Å²) in [6.07, 6.45) is -1.76. The van der Waals surface area contributed by atoms with E-state index in [9.17, 15) is 31.1 Å². The molecule has 4 aromatic rings. The Morgan fingerprint density at radius 3 is 2.49 bits per heavy atom. The number of nitrogens with zero attached hydrogens (tertiary/aromatic N) is 6. The number of rotatable bonds is 3. The zero-order chi connectivity index (χ0) is 27.6. The van der Waals surface area contributed by atoms with Crippen LogP contribution in [-0.4, -0.2) is 41.4 Å². The molecule has 6 rings (SSSR count). The monoisotopic (exact) mass is 546 g/mol. The van der Waals surface area contributed by atoms with Crippen molar-refractivity contribution in [3.63, 3.8) is 0 Å². The third-order valence-corrected chi connectivity index (χ3v) is 7.33. The van der Waals surface area contributed by atoms with Crippen molar-refractivity contribution >= 4 is 5.91 Å². The van der Waals surface area contributed by atoms with Crippen LogP contribution in [0.15, 0.2) is 42.7 Å². The summed E-state index contributed by atoms with van der Waals surface area (Å²) in [7, 11) is 1.60. The molecule has 0 unspecified atom stereocenters. The average molecular weight is 546 g/mol. The van der Waals surface area contributed by atoms with Crippen molar-refractivity contribution < 1.29 is 31.1 Å². The first-order valence-corrected chi connectivity index (χ1v) is 12.2. The standard InChI is InChI=1S/C26H20F6N6O/c1-36-23(13-9-17(27)21(29)18(28)10-13)16-11-14-5-4-8-20(22(16)35-36)37(14)24(39)15-6-2-3-7-19(15)38-25(26(30,31)32)33-12-34-38/h2-3,6-7,9-10,12,14,20H,4-5,8,11H2,1H3/t14-,20+/m1/s1. The van der Waals surface area contributed by atoms with Gasteiger partial charge < -0.3 is 4.90 Å². The molecule has 202 valence electrons. The van der Waals surface area contributed by atoms with Crippen molar-refractivity contribution in [2.24, 2.45) is 7.05 Å². The number of carbonyl (C=O) groups excluding carboxylic acids is 1. The van der Waals surface area contributed by atoms with E-state index in [1.54, 1.807) is 18.0 Å². The molecule has 0 N–H and O–H groups in total. The summed E-state index contributed by atoms with van der Waals surface area (Å²) >= 11 is 0. The Bertz CT molecular complexity index is 1590. The maximum Gasteiger partial charge on any atom is 0.451 e. The van der Waals surface area contributed by atoms with Gasteiger partial charge in [0.2, 0.25) is 5.82 Å². The molecule has 1 amide bonds. The molecule has 2 aliphatic heterocycles. The highest BCUT2D eigenvalue weighted by atomic mass is 19.4. The second-order valence-corrected chi connectivity index (χ2v) is 9.62. The molecule has 1 fully saturated rings. The van der Waals surface area contributed by atoms with E-state index in [0.29, 0.717) is 40.9 Å². The SMILES string of the molecule is Cn1nc2c(c1-c1cc(F)c(F)c(F)c1)C[C@H]1CCC[C@@H]2N1C(=O)c1ccccc1-n1ncnc1C(F)(F)F. The molecule has 0 aliphatic carbocycles. The van der Waals surface area contributed by atoms with Gasteiger partial charge in [-0.3, -0.25) is 9.48 Å². The zero-order valence-electron chi connectivity index (χ0n) is 20.4. The van der Waals surface area contributed by atoms with E-state index in [-0.39, 0.29) is 22.9 Å². The number of benzene rings is 2. The van der Waals surface area contributed by atoms with Crippen molar-refractivity contribution in [3.8, 4) is 16.9 Å². The van der Waals surface area contributed by atoms with Crippen molar-refractivity contribution in [2.75, 3.05) is 0 Å². The molecule has 1 saturated heterocycles. The maximum atomic E-state index is 14.1. The zero-order valence-corrected chi connectivity index (χ0v) is 20.4. The summed E-state index contributed by atoms with van der Waals surface area (Å²) in [6, 6.07) is 6.86. The number of hydrogen-bond acceptors (Lipinski definition) is 4. The van der Waals surface area contributed by atoms with Gasteiger partial charge in [0.1, 0.15) is 6.33 Å². The summed E-state index contributed by atoms with van der Waals surface area (Å²) in [6.45, 7) is 0. The van der Waals surface area contributed by atoms with Gasteiger partial charge in [0.05, 0.1) is 28.7 Å². The molecule has 0 radical (unpaired) electrons. The molecule has 0 saturated carbocycles. The second-order valence-electron chi connectivity index (χ2n) is 9.62. The molecule has 2 aromatic carbocycles. The van der Waals surface area contributed by atoms with E-state index in [0.717, 1.165) is 24.9 Å². The summed E-state index contributed by atoms with van der Waals surface area (Å²) < 4.78 is 84.5. The van der Waals surface area contributed by atoms with Crippen LogP contribution in [0.5, 0.6) is 0 Å². The van der Waals surface area contributed by atoms with Crippen molar-refractivity contribution in [1.82, 2.24) is 29.4 Å². The first kappa shape index (κ1) is 25.1. The number of fused-ring (bicyclic) bond motifs is 4. The predicted molar refractivity (Wildman–Crippen MR) is 125 cm³/mol. The summed E-state index contributed by atoms with van der Waals surface area (Å²) in [5, 5.41) is 8.31. The molecule has 13 heteroatoms. The van der Waals surface area contributed by atoms with E-state index in [1.165, 1.54) is 22.9 Å². The second kappa shape index (κ2) is 8.95. The Morgan fingerprint density at radius 2 is 1.77 bits per heavy atom. The highest BCUT2D eigenvalue weighted by molar-refractivity contribution is 5.98. The minimum absolute atomic E-state index is 0.0210. The summed E-state index contributed by atoms with van der Waals surface area (Å²) in [4.78, 5) is 19.0. The predicted octanol–water partition coefficient (Wildman–Crippen LogP) is 5.40. The number of piperidine rings is 1. The topological polar surface area (TPSA) is 68.8 Å². The lowest BCUT2D eigenvalue weighted by Crippen LogP contribution is -2.50. The third-order valence-electron chi connectivity index (χ3n) is 7.33. The lowest BCUT2D eigenvalue weighted by molar-refractivity contribution is -0.146. The number of amides is 1. The Hall–Kier alpha value is -4.16. The number of carbonyl (C=O) groups is 1. The van der Waals surface area contributed by atoms with E-state index in [1.807, 2.05) is 0 Å². The molecule has 7 nitrogen and oxygen atoms in total. The van der Waals surface area contributed by atoms with Crippen molar-refractivity contribution in [1.29, 1.82) is 0 Å². The van der Waals surface area contributed by atoms with E-state index >= 15 is 0 Å². The lowest BCUT2D eigenvalue weighted by atomic mass is 9.81. The van der Waals surface area contributed by atoms with Crippen LogP contribution in [0.4, 0.5) is 26.3 Å². The van der Waals surface area contributed by atoms with E-state index < -0.39 is 41.4 Å². The molecule has 39 heavy (non-hydrogen) atoms. The van der Waals surface area contributed by atoms with Crippen LogP contribution in [0.3, 0.4) is 0 Å². The van der Waals surface area contributed by atoms with Gasteiger partial charge >= 0.3 is 6.18 Å². The van der Waals surface area contributed by atoms with Crippen LogP contribution in [0, 0.1) is 17.5 Å². The van der Waals surface area contributed by atoms with Crippen LogP contribution in [0.1, 0.15) is 52.7 Å². The highest BCUT2D eigenvalue weighted by Gasteiger charge is 2.45. The minimum Gasteiger partial charge on any atom is -0.327 e. The van der Waals surface area contributed by atoms with Gasteiger partial charge in [-0.1, -0.05) is 12.1 Å². The molecular weight excluding hydrogens is 526 g/mol. The van der Waals surface area contributed by atoms with Gasteiger partial charge in [-0.05, 0) is 49.9 Å². The lowest BCUT2D eigenvalue weighted by Gasteiger charge is -2.45.